The van der Waals surface area contributed by atoms with Gasteiger partial charge in [-0.3, -0.25) is 0 Å². The van der Waals surface area contributed by atoms with E-state index in [-0.39, 0.29) is 19.8 Å². The molecule has 0 atom stereocenters. The van der Waals surface area contributed by atoms with E-state index in [1.54, 1.807) is 0 Å². The van der Waals surface area contributed by atoms with E-state index in [9.17, 15) is 4.79 Å². The van der Waals surface area contributed by atoms with Gasteiger partial charge in [-0.25, -0.2) is 4.79 Å². The lowest BCUT2D eigenvalue weighted by Gasteiger charge is -2.26. The third-order valence-electron chi connectivity index (χ3n) is 2.24. The largest absolute Gasteiger partial charge is 0.478 e. The zero-order valence-electron chi connectivity index (χ0n) is 9.72. The molecule has 0 aliphatic rings. The Hall–Kier alpha value is -0.910. The summed E-state index contributed by atoms with van der Waals surface area (Å²) in [6, 6.07) is 0. The molecule has 96 valence electrons. The molecule has 0 saturated carbocycles. The minimum Gasteiger partial charge on any atom is -0.478 e. The van der Waals surface area contributed by atoms with Gasteiger partial charge in [0.1, 0.15) is 0 Å². The summed E-state index contributed by atoms with van der Waals surface area (Å²) in [5, 5.41) is 34.3. The normalized spacial score (nSPS) is 10.2. The molecule has 0 aliphatic heterocycles. The molecule has 5 heteroatoms. The van der Waals surface area contributed by atoms with Gasteiger partial charge in [0, 0.05) is 11.5 Å². The number of carboxylic acid groups (broad SMARTS) is 1. The van der Waals surface area contributed by atoms with Gasteiger partial charge in [0.2, 0.25) is 0 Å². The first-order chi connectivity index (χ1) is 7.51. The van der Waals surface area contributed by atoms with E-state index in [0.717, 1.165) is 18.9 Å². The molecule has 0 bridgehead atoms. The number of aliphatic carboxylic acids is 1. The van der Waals surface area contributed by atoms with Crippen LogP contribution in [0.15, 0.2) is 12.7 Å². The summed E-state index contributed by atoms with van der Waals surface area (Å²) in [4.78, 5) is 9.25. The molecule has 0 saturated heterocycles. The first-order valence-corrected chi connectivity index (χ1v) is 5.19. The number of rotatable bonds is 7. The molecular formula is C11H22O5. The molecule has 0 spiro atoms. The van der Waals surface area contributed by atoms with Crippen LogP contribution in [0.2, 0.25) is 0 Å². The Morgan fingerprint density at radius 2 is 1.62 bits per heavy atom. The van der Waals surface area contributed by atoms with Gasteiger partial charge in [0.05, 0.1) is 19.8 Å². The highest BCUT2D eigenvalue weighted by Gasteiger charge is 2.26. The van der Waals surface area contributed by atoms with E-state index >= 15 is 0 Å². The van der Waals surface area contributed by atoms with Crippen LogP contribution in [0.5, 0.6) is 0 Å². The number of carbonyl (C=O) groups is 1. The highest BCUT2D eigenvalue weighted by atomic mass is 16.4. The summed E-state index contributed by atoms with van der Waals surface area (Å²) in [6.45, 7) is 4.58. The number of carboxylic acids is 1. The molecule has 5 nitrogen and oxygen atoms in total. The summed E-state index contributed by atoms with van der Waals surface area (Å²) in [5.74, 6) is -0.981. The van der Waals surface area contributed by atoms with Gasteiger partial charge in [-0.15, -0.1) is 0 Å². The fourth-order valence-corrected chi connectivity index (χ4v) is 0.939. The maximum atomic E-state index is 9.25. The van der Waals surface area contributed by atoms with Crippen molar-refractivity contribution in [3.8, 4) is 0 Å². The van der Waals surface area contributed by atoms with Crippen molar-refractivity contribution in [2.45, 2.75) is 26.2 Å². The minimum atomic E-state index is -0.981. The fourth-order valence-electron chi connectivity index (χ4n) is 0.939. The van der Waals surface area contributed by atoms with Gasteiger partial charge in [-0.1, -0.05) is 26.3 Å². The van der Waals surface area contributed by atoms with Gasteiger partial charge in [-0.05, 0) is 6.42 Å². The van der Waals surface area contributed by atoms with Gasteiger partial charge < -0.3 is 20.4 Å². The van der Waals surface area contributed by atoms with Crippen LogP contribution in [0, 0.1) is 5.41 Å². The summed E-state index contributed by atoms with van der Waals surface area (Å²) in [6.07, 6.45) is 3.47. The number of unbranched alkanes of at least 4 members (excludes halogenated alkanes) is 1. The van der Waals surface area contributed by atoms with E-state index in [0.29, 0.717) is 6.42 Å². The maximum Gasteiger partial charge on any atom is 0.327 e. The van der Waals surface area contributed by atoms with Crippen LogP contribution in [-0.4, -0.2) is 46.2 Å². The average Bonchev–Trinajstić information content (AvgIpc) is 2.32. The number of hydrogen-bond donors (Lipinski definition) is 4. The molecule has 0 aliphatic carbocycles. The van der Waals surface area contributed by atoms with Crippen molar-refractivity contribution in [1.29, 1.82) is 0 Å². The summed E-state index contributed by atoms with van der Waals surface area (Å²) >= 11 is 0. The van der Waals surface area contributed by atoms with Crippen molar-refractivity contribution in [2.75, 3.05) is 19.8 Å². The first kappa shape index (κ1) is 17.5. The first-order valence-electron chi connectivity index (χ1n) is 5.19. The van der Waals surface area contributed by atoms with Crippen molar-refractivity contribution in [1.82, 2.24) is 0 Å². The lowest BCUT2D eigenvalue weighted by molar-refractivity contribution is -0.131. The average molecular weight is 234 g/mol. The van der Waals surface area contributed by atoms with Crippen molar-refractivity contribution >= 4 is 5.97 Å². The van der Waals surface area contributed by atoms with Crippen LogP contribution >= 0.6 is 0 Å². The van der Waals surface area contributed by atoms with E-state index in [4.69, 9.17) is 20.4 Å². The molecule has 4 N–H and O–H groups in total. The molecule has 0 heterocycles. The minimum absolute atomic E-state index is 0.139. The quantitative estimate of drug-likeness (QED) is 0.478. The monoisotopic (exact) mass is 234 g/mol. The smallest absolute Gasteiger partial charge is 0.327 e. The van der Waals surface area contributed by atoms with E-state index < -0.39 is 11.4 Å². The third kappa shape index (κ3) is 8.40. The van der Waals surface area contributed by atoms with Gasteiger partial charge in [0.15, 0.2) is 0 Å². The standard InChI is InChI=1S/C8H18O3.C3H4O2/c1-2-3-4-8(5-9,6-10)7-11;1-2-3(4)5/h9-11H,2-7H2,1H3;2H,1H2,(H,4,5). The Bertz CT molecular complexity index is 179. The molecule has 0 radical (unpaired) electrons. The zero-order chi connectivity index (χ0) is 13.0. The predicted octanol–water partition coefficient (Wildman–Crippen LogP) is 0.397. The molecule has 0 aromatic heterocycles. The van der Waals surface area contributed by atoms with Crippen LogP contribution in [0.4, 0.5) is 0 Å². The third-order valence-corrected chi connectivity index (χ3v) is 2.24. The molecule has 0 aromatic rings. The second-order valence-electron chi connectivity index (χ2n) is 3.62. The zero-order valence-corrected chi connectivity index (χ0v) is 9.72. The number of aliphatic hydroxyl groups excluding tert-OH is 3. The Kier molecular flexibility index (Phi) is 11.6. The van der Waals surface area contributed by atoms with Crippen molar-refractivity contribution in [2.24, 2.45) is 5.41 Å². The van der Waals surface area contributed by atoms with Gasteiger partial charge in [-0.2, -0.15) is 0 Å². The molecule has 0 amide bonds. The lowest BCUT2D eigenvalue weighted by Crippen LogP contribution is -2.33. The Labute approximate surface area is 96.0 Å². The van der Waals surface area contributed by atoms with Crippen LogP contribution in [0.25, 0.3) is 0 Å². The SMILES string of the molecule is C=CC(=O)O.CCCCC(CO)(CO)CO. The van der Waals surface area contributed by atoms with E-state index in [2.05, 4.69) is 6.58 Å². The number of hydrogen-bond acceptors (Lipinski definition) is 4. The molecule has 0 rings (SSSR count). The van der Waals surface area contributed by atoms with Crippen molar-refractivity contribution < 1.29 is 25.2 Å². The molecular weight excluding hydrogens is 212 g/mol. The lowest BCUT2D eigenvalue weighted by atomic mass is 9.85. The molecule has 0 aromatic carbocycles. The Morgan fingerprint density at radius 3 is 1.81 bits per heavy atom. The number of aliphatic hydroxyl groups is 3. The van der Waals surface area contributed by atoms with Crippen LogP contribution < -0.4 is 0 Å². The second-order valence-corrected chi connectivity index (χ2v) is 3.62. The fraction of sp³-hybridized carbons (Fsp3) is 0.727. The summed E-state index contributed by atoms with van der Waals surface area (Å²) in [7, 11) is 0. The van der Waals surface area contributed by atoms with Crippen molar-refractivity contribution in [3.63, 3.8) is 0 Å². The topological polar surface area (TPSA) is 98.0 Å². The molecule has 0 fully saturated rings. The maximum absolute atomic E-state index is 9.25. The van der Waals surface area contributed by atoms with Crippen LogP contribution in [-0.2, 0) is 4.79 Å². The Morgan fingerprint density at radius 1 is 1.25 bits per heavy atom. The highest BCUT2D eigenvalue weighted by molar-refractivity contribution is 5.78. The summed E-state index contributed by atoms with van der Waals surface area (Å²) < 4.78 is 0. The summed E-state index contributed by atoms with van der Waals surface area (Å²) in [5.41, 5.74) is -0.657. The van der Waals surface area contributed by atoms with E-state index in [1.165, 1.54) is 0 Å². The van der Waals surface area contributed by atoms with Crippen LogP contribution in [0.1, 0.15) is 26.2 Å². The predicted molar refractivity (Wildman–Crippen MR) is 61.0 cm³/mol. The Balaban J connectivity index is 0. The molecule has 16 heavy (non-hydrogen) atoms. The van der Waals surface area contributed by atoms with E-state index in [1.807, 2.05) is 6.92 Å². The molecule has 0 unspecified atom stereocenters. The van der Waals surface area contributed by atoms with Crippen LogP contribution in [0.3, 0.4) is 0 Å². The van der Waals surface area contributed by atoms with Gasteiger partial charge in [0.25, 0.3) is 0 Å². The van der Waals surface area contributed by atoms with Gasteiger partial charge >= 0.3 is 5.97 Å². The van der Waals surface area contributed by atoms with Crippen molar-refractivity contribution in [3.05, 3.63) is 12.7 Å². The second kappa shape index (κ2) is 10.6. The highest BCUT2D eigenvalue weighted by Crippen LogP contribution is 2.22.